The summed E-state index contributed by atoms with van der Waals surface area (Å²) in [6.07, 6.45) is 0. The van der Waals surface area contributed by atoms with Crippen molar-refractivity contribution in [3.8, 4) is 0 Å². The van der Waals surface area contributed by atoms with Crippen LogP contribution >= 0.6 is 11.6 Å². The van der Waals surface area contributed by atoms with Crippen LogP contribution in [0.15, 0.2) is 42.5 Å². The van der Waals surface area contributed by atoms with E-state index >= 15 is 0 Å². The number of nitrogens with zero attached hydrogens (tertiary/aromatic N) is 3. The van der Waals surface area contributed by atoms with Crippen LogP contribution in [0.1, 0.15) is 15.9 Å². The number of nitro groups is 1. The molecule has 0 saturated carbocycles. The van der Waals surface area contributed by atoms with E-state index in [0.29, 0.717) is 6.54 Å². The Labute approximate surface area is 167 Å². The van der Waals surface area contributed by atoms with Gasteiger partial charge in [0.25, 0.3) is 11.6 Å². The van der Waals surface area contributed by atoms with E-state index in [1.54, 1.807) is 7.05 Å². The first-order valence-corrected chi connectivity index (χ1v) is 8.68. The van der Waals surface area contributed by atoms with Crippen LogP contribution in [0.4, 0.5) is 11.4 Å². The molecular weight excluding hydrogens is 386 g/mol. The van der Waals surface area contributed by atoms with Crippen molar-refractivity contribution >= 4 is 34.9 Å². The number of ether oxygens (including phenoxy) is 1. The van der Waals surface area contributed by atoms with Crippen LogP contribution in [0.5, 0.6) is 0 Å². The van der Waals surface area contributed by atoms with E-state index in [2.05, 4.69) is 0 Å². The zero-order valence-corrected chi connectivity index (χ0v) is 16.5. The average Bonchev–Trinajstić information content (AvgIpc) is 2.65. The van der Waals surface area contributed by atoms with Gasteiger partial charge in [-0.2, -0.15) is 0 Å². The number of rotatable bonds is 7. The van der Waals surface area contributed by atoms with Crippen molar-refractivity contribution in [2.24, 2.45) is 0 Å². The van der Waals surface area contributed by atoms with Crippen LogP contribution in [0.2, 0.25) is 5.02 Å². The highest BCUT2D eigenvalue weighted by Gasteiger charge is 2.18. The first-order chi connectivity index (χ1) is 13.2. The Morgan fingerprint density at radius 3 is 2.29 bits per heavy atom. The molecule has 2 aromatic carbocycles. The van der Waals surface area contributed by atoms with Crippen molar-refractivity contribution in [2.75, 3.05) is 32.6 Å². The Morgan fingerprint density at radius 2 is 1.75 bits per heavy atom. The highest BCUT2D eigenvalue weighted by Crippen LogP contribution is 2.23. The standard InChI is InChI=1S/C19H20ClN3O5/c1-21(2)14-6-4-13(5-7-14)11-22(3)18(24)12-28-19(25)16-9-8-15(23(26)27)10-17(16)20/h4-10H,11-12H2,1-3H3. The minimum Gasteiger partial charge on any atom is -0.452 e. The van der Waals surface area contributed by atoms with Crippen molar-refractivity contribution in [1.29, 1.82) is 0 Å². The molecule has 0 aromatic heterocycles. The molecule has 0 spiro atoms. The van der Waals surface area contributed by atoms with E-state index < -0.39 is 17.5 Å². The average molecular weight is 406 g/mol. The van der Waals surface area contributed by atoms with E-state index in [1.165, 1.54) is 11.0 Å². The van der Waals surface area contributed by atoms with E-state index in [9.17, 15) is 19.7 Å². The highest BCUT2D eigenvalue weighted by molar-refractivity contribution is 6.33. The van der Waals surface area contributed by atoms with Crippen molar-refractivity contribution < 1.29 is 19.2 Å². The summed E-state index contributed by atoms with van der Waals surface area (Å²) in [5, 5.41) is 10.6. The lowest BCUT2D eigenvalue weighted by molar-refractivity contribution is -0.384. The molecule has 0 bridgehead atoms. The summed E-state index contributed by atoms with van der Waals surface area (Å²) in [5.41, 5.74) is 1.71. The largest absolute Gasteiger partial charge is 0.452 e. The molecule has 0 atom stereocenters. The molecule has 0 N–H and O–H groups in total. The smallest absolute Gasteiger partial charge is 0.340 e. The van der Waals surface area contributed by atoms with Crippen molar-refractivity contribution in [3.63, 3.8) is 0 Å². The molecule has 2 aromatic rings. The molecule has 8 nitrogen and oxygen atoms in total. The van der Waals surface area contributed by atoms with Crippen LogP contribution in [0, 0.1) is 10.1 Å². The molecule has 0 aliphatic carbocycles. The molecule has 28 heavy (non-hydrogen) atoms. The van der Waals surface area contributed by atoms with Crippen molar-refractivity contribution in [2.45, 2.75) is 6.54 Å². The zero-order chi connectivity index (χ0) is 20.8. The van der Waals surface area contributed by atoms with Gasteiger partial charge in [0.15, 0.2) is 6.61 Å². The van der Waals surface area contributed by atoms with Crippen LogP contribution in [-0.4, -0.2) is 49.4 Å². The van der Waals surface area contributed by atoms with Gasteiger partial charge in [-0.05, 0) is 23.8 Å². The van der Waals surface area contributed by atoms with Gasteiger partial charge in [-0.25, -0.2) is 4.79 Å². The predicted octanol–water partition coefficient (Wildman–Crippen LogP) is 3.13. The predicted molar refractivity (Wildman–Crippen MR) is 106 cm³/mol. The molecule has 0 heterocycles. The second kappa shape index (κ2) is 9.18. The number of carbonyl (C=O) groups excluding carboxylic acids is 2. The number of hydrogen-bond acceptors (Lipinski definition) is 6. The Bertz CT molecular complexity index is 884. The van der Waals surface area contributed by atoms with Gasteiger partial charge in [0, 0.05) is 45.5 Å². The summed E-state index contributed by atoms with van der Waals surface area (Å²) in [6.45, 7) is -0.0964. The van der Waals surface area contributed by atoms with Gasteiger partial charge in [0.1, 0.15) is 0 Å². The number of carbonyl (C=O) groups is 2. The van der Waals surface area contributed by atoms with E-state index in [0.717, 1.165) is 23.4 Å². The van der Waals surface area contributed by atoms with E-state index in [-0.39, 0.29) is 22.2 Å². The summed E-state index contributed by atoms with van der Waals surface area (Å²) < 4.78 is 4.99. The SMILES string of the molecule is CN(Cc1ccc(N(C)C)cc1)C(=O)COC(=O)c1ccc([N+](=O)[O-])cc1Cl. The molecular formula is C19H20ClN3O5. The fraction of sp³-hybridized carbons (Fsp3) is 0.263. The third-order valence-electron chi connectivity index (χ3n) is 4.01. The minimum atomic E-state index is -0.822. The van der Waals surface area contributed by atoms with Crippen LogP contribution in [-0.2, 0) is 16.1 Å². The molecule has 2 rings (SSSR count). The third kappa shape index (κ3) is 5.43. The summed E-state index contributed by atoms with van der Waals surface area (Å²) in [4.78, 5) is 37.8. The normalized spacial score (nSPS) is 10.3. The molecule has 9 heteroatoms. The fourth-order valence-electron chi connectivity index (χ4n) is 2.36. The van der Waals surface area contributed by atoms with Gasteiger partial charge in [-0.15, -0.1) is 0 Å². The number of non-ortho nitro benzene ring substituents is 1. The Balaban J connectivity index is 1.92. The number of hydrogen-bond donors (Lipinski definition) is 0. The van der Waals surface area contributed by atoms with E-state index in [1.807, 2.05) is 43.3 Å². The summed E-state index contributed by atoms with van der Waals surface area (Å²) in [6, 6.07) is 11.1. The third-order valence-corrected chi connectivity index (χ3v) is 4.32. The maximum absolute atomic E-state index is 12.2. The number of halogens is 1. The van der Waals surface area contributed by atoms with Crippen molar-refractivity contribution in [1.82, 2.24) is 4.90 Å². The number of nitro benzene ring substituents is 1. The van der Waals surface area contributed by atoms with Crippen LogP contribution < -0.4 is 4.90 Å². The molecule has 0 aliphatic heterocycles. The molecule has 1 amide bonds. The lowest BCUT2D eigenvalue weighted by Gasteiger charge is -2.18. The monoisotopic (exact) mass is 405 g/mol. The van der Waals surface area contributed by atoms with Crippen molar-refractivity contribution in [3.05, 3.63) is 68.7 Å². The number of likely N-dealkylation sites (N-methyl/N-ethyl adjacent to an activating group) is 1. The molecule has 148 valence electrons. The van der Waals surface area contributed by atoms with Gasteiger partial charge in [0.2, 0.25) is 0 Å². The molecule has 0 unspecified atom stereocenters. The van der Waals surface area contributed by atoms with Gasteiger partial charge in [0.05, 0.1) is 15.5 Å². The van der Waals surface area contributed by atoms with Crippen LogP contribution in [0.25, 0.3) is 0 Å². The maximum atomic E-state index is 12.2. The number of benzene rings is 2. The Hall–Kier alpha value is -3.13. The lowest BCUT2D eigenvalue weighted by atomic mass is 10.2. The second-order valence-electron chi connectivity index (χ2n) is 6.31. The van der Waals surface area contributed by atoms with E-state index in [4.69, 9.17) is 16.3 Å². The minimum absolute atomic E-state index is 0.0398. The quantitative estimate of drug-likeness (QED) is 0.399. The molecule has 0 fully saturated rings. The molecule has 0 saturated heterocycles. The first-order valence-electron chi connectivity index (χ1n) is 8.30. The van der Waals surface area contributed by atoms with Gasteiger partial charge >= 0.3 is 5.97 Å². The molecule has 0 radical (unpaired) electrons. The summed E-state index contributed by atoms with van der Waals surface area (Å²) in [7, 11) is 5.49. The number of anilines is 1. The van der Waals surface area contributed by atoms with Gasteiger partial charge in [-0.3, -0.25) is 14.9 Å². The number of amides is 1. The highest BCUT2D eigenvalue weighted by atomic mass is 35.5. The Morgan fingerprint density at radius 1 is 1.11 bits per heavy atom. The van der Waals surface area contributed by atoms with Crippen LogP contribution in [0.3, 0.4) is 0 Å². The van der Waals surface area contributed by atoms with Gasteiger partial charge < -0.3 is 14.5 Å². The summed E-state index contributed by atoms with van der Waals surface area (Å²) >= 11 is 5.88. The Kier molecular flexibility index (Phi) is 6.94. The molecule has 0 aliphatic rings. The zero-order valence-electron chi connectivity index (χ0n) is 15.7. The first kappa shape index (κ1) is 21.2. The number of esters is 1. The maximum Gasteiger partial charge on any atom is 0.340 e. The lowest BCUT2D eigenvalue weighted by Crippen LogP contribution is -2.30. The second-order valence-corrected chi connectivity index (χ2v) is 6.72. The topological polar surface area (TPSA) is 93.0 Å². The summed E-state index contributed by atoms with van der Waals surface area (Å²) in [5.74, 6) is -1.21. The fourth-order valence-corrected chi connectivity index (χ4v) is 2.61. The van der Waals surface area contributed by atoms with Gasteiger partial charge in [-0.1, -0.05) is 23.7 Å².